The monoisotopic (exact) mass is 473 g/mol. The smallest absolute Gasteiger partial charge is 0.420 e. The zero-order valence-corrected chi connectivity index (χ0v) is 17.7. The second-order valence-corrected chi connectivity index (χ2v) is 7.12. The molecule has 7 nitrogen and oxygen atoms in total. The topological polar surface area (TPSA) is 81.9 Å². The lowest BCUT2D eigenvalue weighted by Gasteiger charge is -2.15. The van der Waals surface area contributed by atoms with Crippen molar-refractivity contribution in [3.63, 3.8) is 0 Å². The summed E-state index contributed by atoms with van der Waals surface area (Å²) in [4.78, 5) is 17.4. The van der Waals surface area contributed by atoms with Crippen LogP contribution in [-0.4, -0.2) is 33.0 Å². The number of nitrogens with one attached hydrogen (secondary N) is 1. The highest BCUT2D eigenvalue weighted by Crippen LogP contribution is 2.39. The highest BCUT2D eigenvalue weighted by atomic mass is 35.5. The molecule has 0 unspecified atom stereocenters. The van der Waals surface area contributed by atoms with Gasteiger partial charge in [-0.15, -0.1) is 4.80 Å². The van der Waals surface area contributed by atoms with E-state index in [1.54, 1.807) is 6.07 Å². The number of anilines is 1. The van der Waals surface area contributed by atoms with Gasteiger partial charge in [-0.1, -0.05) is 41.9 Å². The first-order valence-electron chi connectivity index (χ1n) is 9.46. The molecule has 1 amide bonds. The Morgan fingerprint density at radius 3 is 2.42 bits per heavy atom. The fraction of sp³-hybridized carbons (Fsp3) is 0.0909. The first-order valence-corrected chi connectivity index (χ1v) is 9.84. The summed E-state index contributed by atoms with van der Waals surface area (Å²) in [6.07, 6.45) is -1.22. The van der Waals surface area contributed by atoms with E-state index in [1.807, 2.05) is 30.3 Å². The molecule has 0 aliphatic heterocycles. The number of rotatable bonds is 5. The maximum Gasteiger partial charge on any atom is 0.420 e. The average Bonchev–Trinajstić information content (AvgIpc) is 3.33. The van der Waals surface area contributed by atoms with Crippen LogP contribution in [0, 0.1) is 0 Å². The molecule has 11 heteroatoms. The van der Waals surface area contributed by atoms with Gasteiger partial charge in [0.1, 0.15) is 11.3 Å². The maximum atomic E-state index is 13.6. The summed E-state index contributed by atoms with van der Waals surface area (Å²) in [5.41, 5.74) is 0.228. The van der Waals surface area contributed by atoms with E-state index in [4.69, 9.17) is 16.3 Å². The number of nitrogens with zero attached hydrogens (tertiary/aromatic N) is 4. The molecule has 2 heterocycles. The number of amides is 1. The molecule has 0 saturated carbocycles. The lowest BCUT2D eigenvalue weighted by Crippen LogP contribution is -2.17. The molecule has 2 aromatic heterocycles. The lowest BCUT2D eigenvalue weighted by molar-refractivity contribution is -0.137. The summed E-state index contributed by atoms with van der Waals surface area (Å²) in [7, 11) is 1.41. The highest BCUT2D eigenvalue weighted by molar-refractivity contribution is 6.36. The Labute approximate surface area is 190 Å². The van der Waals surface area contributed by atoms with Crippen molar-refractivity contribution >= 4 is 23.2 Å². The Kier molecular flexibility index (Phi) is 6.01. The van der Waals surface area contributed by atoms with Crippen molar-refractivity contribution in [2.45, 2.75) is 6.18 Å². The molecule has 0 fully saturated rings. The highest BCUT2D eigenvalue weighted by Gasteiger charge is 2.36. The van der Waals surface area contributed by atoms with E-state index in [-0.39, 0.29) is 22.0 Å². The molecule has 0 atom stereocenters. The van der Waals surface area contributed by atoms with Gasteiger partial charge in [0.15, 0.2) is 5.82 Å². The minimum Gasteiger partial charge on any atom is -0.495 e. The molecule has 0 aliphatic rings. The van der Waals surface area contributed by atoms with Crippen LogP contribution < -0.4 is 10.1 Å². The largest absolute Gasteiger partial charge is 0.495 e. The number of ether oxygens (including phenoxy) is 1. The normalized spacial score (nSPS) is 11.3. The van der Waals surface area contributed by atoms with Crippen LogP contribution in [0.3, 0.4) is 0 Å². The van der Waals surface area contributed by atoms with Crippen molar-refractivity contribution in [1.82, 2.24) is 20.0 Å². The minimum absolute atomic E-state index is 0.0257. The van der Waals surface area contributed by atoms with E-state index in [9.17, 15) is 18.0 Å². The van der Waals surface area contributed by atoms with Crippen LogP contribution in [0.5, 0.6) is 5.75 Å². The van der Waals surface area contributed by atoms with Crippen molar-refractivity contribution in [3.05, 3.63) is 83.3 Å². The summed E-state index contributed by atoms with van der Waals surface area (Å²) in [5, 5.41) is 9.80. The zero-order chi connectivity index (χ0) is 23.6. The van der Waals surface area contributed by atoms with Crippen LogP contribution in [0.1, 0.15) is 15.9 Å². The summed E-state index contributed by atoms with van der Waals surface area (Å²) in [6, 6.07) is 13.1. The number of hydrogen-bond acceptors (Lipinski definition) is 5. The second kappa shape index (κ2) is 8.91. The van der Waals surface area contributed by atoms with Gasteiger partial charge in [0.25, 0.3) is 5.91 Å². The zero-order valence-electron chi connectivity index (χ0n) is 17.0. The van der Waals surface area contributed by atoms with Crippen molar-refractivity contribution < 1.29 is 22.7 Å². The van der Waals surface area contributed by atoms with Crippen LogP contribution >= 0.6 is 11.6 Å². The Bertz CT molecular complexity index is 1300. The first kappa shape index (κ1) is 22.3. The van der Waals surface area contributed by atoms with E-state index >= 15 is 0 Å². The molecule has 0 spiro atoms. The predicted octanol–water partition coefficient (Wildman–Crippen LogP) is 5.26. The number of pyridine rings is 1. The number of halogens is 4. The van der Waals surface area contributed by atoms with Crippen LogP contribution in [0.4, 0.5) is 18.9 Å². The van der Waals surface area contributed by atoms with Gasteiger partial charge < -0.3 is 10.1 Å². The number of carbonyl (C=O) groups is 1. The van der Waals surface area contributed by atoms with Crippen molar-refractivity contribution in [1.29, 1.82) is 0 Å². The number of benzene rings is 2. The Morgan fingerprint density at radius 2 is 1.79 bits per heavy atom. The third-order valence-electron chi connectivity index (χ3n) is 4.67. The molecule has 33 heavy (non-hydrogen) atoms. The number of alkyl halides is 3. The molecule has 168 valence electrons. The number of aromatic nitrogens is 4. The van der Waals surface area contributed by atoms with Gasteiger partial charge >= 0.3 is 6.18 Å². The molecule has 4 aromatic rings. The predicted molar refractivity (Wildman–Crippen MR) is 116 cm³/mol. The third kappa shape index (κ3) is 4.51. The van der Waals surface area contributed by atoms with Gasteiger partial charge in [0.2, 0.25) is 0 Å². The standard InChI is InChI=1S/C22H15ClF3N5O2/c1-33-19-15(13-5-3-2-4-6-13)7-8-16(18(19)23)21(32)30-14-11-17(22(24,25)26)20(27-12-14)31-28-9-10-29-31/h2-12H,1H3,(H,30,32). The minimum atomic E-state index is -4.76. The van der Waals surface area contributed by atoms with Crippen molar-refractivity contribution in [2.75, 3.05) is 12.4 Å². The van der Waals surface area contributed by atoms with E-state index < -0.39 is 23.5 Å². The van der Waals surface area contributed by atoms with Gasteiger partial charge in [-0.05, 0) is 23.8 Å². The van der Waals surface area contributed by atoms with Crippen molar-refractivity contribution in [3.8, 4) is 22.7 Å². The van der Waals surface area contributed by atoms with Gasteiger partial charge in [0.05, 0.1) is 42.0 Å². The summed E-state index contributed by atoms with van der Waals surface area (Å²) >= 11 is 6.42. The maximum absolute atomic E-state index is 13.6. The van der Waals surface area contributed by atoms with Gasteiger partial charge in [-0.25, -0.2) is 4.98 Å². The molecular weight excluding hydrogens is 459 g/mol. The van der Waals surface area contributed by atoms with Crippen LogP contribution in [0.2, 0.25) is 5.02 Å². The molecule has 0 radical (unpaired) electrons. The van der Waals surface area contributed by atoms with E-state index in [0.717, 1.165) is 22.6 Å². The van der Waals surface area contributed by atoms with Crippen LogP contribution in [0.25, 0.3) is 16.9 Å². The fourth-order valence-corrected chi connectivity index (χ4v) is 3.52. The number of hydrogen-bond donors (Lipinski definition) is 1. The SMILES string of the molecule is COc1c(-c2ccccc2)ccc(C(=O)Nc2cnc(-n3nccn3)c(C(F)(F)F)c2)c1Cl. The molecule has 0 aliphatic carbocycles. The van der Waals surface area contributed by atoms with Gasteiger partial charge in [-0.2, -0.15) is 23.4 Å². The fourth-order valence-electron chi connectivity index (χ4n) is 3.19. The Hall–Kier alpha value is -3.92. The number of methoxy groups -OCH3 is 1. The molecule has 4 rings (SSSR count). The lowest BCUT2D eigenvalue weighted by atomic mass is 10.0. The van der Waals surface area contributed by atoms with Gasteiger partial charge in [0, 0.05) is 5.56 Å². The van der Waals surface area contributed by atoms with Gasteiger partial charge in [-0.3, -0.25) is 4.79 Å². The Morgan fingerprint density at radius 1 is 1.09 bits per heavy atom. The summed E-state index contributed by atoms with van der Waals surface area (Å²) < 4.78 is 46.2. The third-order valence-corrected chi connectivity index (χ3v) is 5.04. The molecular formula is C22H15ClF3N5O2. The second-order valence-electron chi connectivity index (χ2n) is 6.74. The first-order chi connectivity index (χ1) is 15.8. The summed E-state index contributed by atoms with van der Waals surface area (Å²) in [6.45, 7) is 0. The summed E-state index contributed by atoms with van der Waals surface area (Å²) in [5.74, 6) is -0.972. The molecule has 0 saturated heterocycles. The quantitative estimate of drug-likeness (QED) is 0.427. The molecule has 1 N–H and O–H groups in total. The van der Waals surface area contributed by atoms with E-state index in [2.05, 4.69) is 20.5 Å². The molecule has 2 aromatic carbocycles. The molecule has 0 bridgehead atoms. The van der Waals surface area contributed by atoms with Crippen LogP contribution in [0.15, 0.2) is 67.1 Å². The van der Waals surface area contributed by atoms with E-state index in [1.165, 1.54) is 25.6 Å². The van der Waals surface area contributed by atoms with Crippen molar-refractivity contribution in [2.24, 2.45) is 0 Å². The number of carbonyl (C=O) groups excluding carboxylic acids is 1. The Balaban J connectivity index is 1.67. The average molecular weight is 474 g/mol. The van der Waals surface area contributed by atoms with E-state index in [0.29, 0.717) is 5.56 Å². The van der Waals surface area contributed by atoms with Crippen LogP contribution in [-0.2, 0) is 6.18 Å².